The molecule has 1 aromatic rings. The van der Waals surface area contributed by atoms with E-state index in [2.05, 4.69) is 11.8 Å². The molecule has 1 heterocycles. The number of nitrogens with zero attached hydrogens (tertiary/aromatic N) is 1. The lowest BCUT2D eigenvalue weighted by Gasteiger charge is -2.36. The van der Waals surface area contributed by atoms with Crippen LogP contribution in [0.2, 0.25) is 5.02 Å². The molecule has 1 fully saturated rings. The topological polar surface area (TPSA) is 29.3 Å². The Labute approximate surface area is 106 Å². The maximum absolute atomic E-state index is 6.07. The lowest BCUT2D eigenvalue weighted by atomic mass is 10.1. The molecule has 1 unspecified atom stereocenters. The number of hydrogen-bond donors (Lipinski definition) is 1. The van der Waals surface area contributed by atoms with Crippen molar-refractivity contribution >= 4 is 29.1 Å². The molecule has 1 atom stereocenters. The van der Waals surface area contributed by atoms with Crippen molar-refractivity contribution in [2.24, 2.45) is 5.73 Å². The van der Waals surface area contributed by atoms with Gasteiger partial charge < -0.3 is 10.6 Å². The molecular weight excluding hydrogens is 240 g/mol. The van der Waals surface area contributed by atoms with E-state index in [0.717, 1.165) is 11.6 Å². The van der Waals surface area contributed by atoms with Gasteiger partial charge in [0, 0.05) is 41.3 Å². The first-order chi connectivity index (χ1) is 7.72. The molecule has 88 valence electrons. The smallest absolute Gasteiger partial charge is 0.0429 e. The zero-order valence-corrected chi connectivity index (χ0v) is 11.0. The van der Waals surface area contributed by atoms with Gasteiger partial charge in [0.1, 0.15) is 0 Å². The third kappa shape index (κ3) is 2.47. The van der Waals surface area contributed by atoms with E-state index in [0.29, 0.717) is 12.6 Å². The number of hydrogen-bond acceptors (Lipinski definition) is 3. The van der Waals surface area contributed by atoms with Gasteiger partial charge in [0.15, 0.2) is 0 Å². The molecule has 1 saturated heterocycles. The molecule has 2 N–H and O–H groups in total. The SMILES string of the molecule is CC1CSCCN1c1cc(Cl)ccc1CN. The first-order valence-electron chi connectivity index (χ1n) is 5.55. The van der Waals surface area contributed by atoms with Gasteiger partial charge in [-0.05, 0) is 24.6 Å². The Morgan fingerprint density at radius 3 is 3.06 bits per heavy atom. The van der Waals surface area contributed by atoms with E-state index in [9.17, 15) is 0 Å². The summed E-state index contributed by atoms with van der Waals surface area (Å²) in [6, 6.07) is 6.54. The molecule has 2 rings (SSSR count). The molecule has 2 nitrogen and oxygen atoms in total. The van der Waals surface area contributed by atoms with Gasteiger partial charge in [0.25, 0.3) is 0 Å². The third-order valence-corrected chi connectivity index (χ3v) is 4.37. The second kappa shape index (κ2) is 5.30. The minimum absolute atomic E-state index is 0.558. The summed E-state index contributed by atoms with van der Waals surface area (Å²) >= 11 is 8.08. The summed E-state index contributed by atoms with van der Waals surface area (Å²) in [5, 5.41) is 0.789. The normalized spacial score (nSPS) is 21.2. The minimum Gasteiger partial charge on any atom is -0.367 e. The van der Waals surface area contributed by atoms with Crippen LogP contribution in [0.4, 0.5) is 5.69 Å². The Morgan fingerprint density at radius 2 is 2.38 bits per heavy atom. The van der Waals surface area contributed by atoms with Gasteiger partial charge in [-0.2, -0.15) is 11.8 Å². The summed E-state index contributed by atoms with van der Waals surface area (Å²) in [7, 11) is 0. The van der Waals surface area contributed by atoms with Crippen LogP contribution in [0.25, 0.3) is 0 Å². The van der Waals surface area contributed by atoms with Crippen LogP contribution in [0.1, 0.15) is 12.5 Å². The summed E-state index contributed by atoms with van der Waals surface area (Å²) in [6.45, 7) is 3.91. The molecule has 0 bridgehead atoms. The Morgan fingerprint density at radius 1 is 1.56 bits per heavy atom. The molecule has 4 heteroatoms. The molecule has 0 aromatic heterocycles. The molecule has 0 saturated carbocycles. The van der Waals surface area contributed by atoms with Crippen LogP contribution in [0.3, 0.4) is 0 Å². The number of halogens is 1. The van der Waals surface area contributed by atoms with Gasteiger partial charge in [-0.1, -0.05) is 17.7 Å². The number of rotatable bonds is 2. The van der Waals surface area contributed by atoms with Crippen molar-refractivity contribution in [2.45, 2.75) is 19.5 Å². The van der Waals surface area contributed by atoms with Crippen LogP contribution in [0.15, 0.2) is 18.2 Å². The van der Waals surface area contributed by atoms with E-state index in [-0.39, 0.29) is 0 Å². The highest BCUT2D eigenvalue weighted by Crippen LogP contribution is 2.29. The predicted octanol–water partition coefficient (Wildman–Crippen LogP) is 2.74. The summed E-state index contributed by atoms with van der Waals surface area (Å²) in [5.74, 6) is 2.36. The maximum Gasteiger partial charge on any atom is 0.0429 e. The van der Waals surface area contributed by atoms with Gasteiger partial charge in [-0.15, -0.1) is 0 Å². The first kappa shape index (κ1) is 12.1. The third-order valence-electron chi connectivity index (χ3n) is 2.94. The lowest BCUT2D eigenvalue weighted by Crippen LogP contribution is -2.41. The largest absolute Gasteiger partial charge is 0.367 e. The van der Waals surface area contributed by atoms with Crippen LogP contribution in [-0.2, 0) is 6.54 Å². The number of anilines is 1. The highest BCUT2D eigenvalue weighted by Gasteiger charge is 2.20. The predicted molar refractivity (Wildman–Crippen MR) is 73.5 cm³/mol. The molecule has 0 radical (unpaired) electrons. The average Bonchev–Trinajstić information content (AvgIpc) is 2.29. The van der Waals surface area contributed by atoms with E-state index in [1.165, 1.54) is 22.8 Å². The number of nitrogens with two attached hydrogens (primary N) is 1. The van der Waals surface area contributed by atoms with E-state index >= 15 is 0 Å². The summed E-state index contributed by atoms with van der Waals surface area (Å²) in [4.78, 5) is 2.42. The highest BCUT2D eigenvalue weighted by atomic mass is 35.5. The van der Waals surface area contributed by atoms with Crippen LogP contribution >= 0.6 is 23.4 Å². The van der Waals surface area contributed by atoms with Crippen LogP contribution in [0.5, 0.6) is 0 Å². The zero-order valence-electron chi connectivity index (χ0n) is 9.45. The standard InChI is InChI=1S/C12H17ClN2S/c1-9-8-16-5-4-15(9)12-6-11(13)3-2-10(12)7-14/h2-3,6,9H,4-5,7-8,14H2,1H3. The van der Waals surface area contributed by atoms with Crippen LogP contribution < -0.4 is 10.6 Å². The van der Waals surface area contributed by atoms with Crippen LogP contribution in [-0.4, -0.2) is 24.1 Å². The Hall–Kier alpha value is -0.380. The molecule has 0 spiro atoms. The van der Waals surface area contributed by atoms with Crippen molar-refractivity contribution in [1.82, 2.24) is 0 Å². The van der Waals surface area contributed by atoms with Gasteiger partial charge in [-0.25, -0.2) is 0 Å². The second-order valence-corrected chi connectivity index (χ2v) is 5.68. The van der Waals surface area contributed by atoms with Crippen molar-refractivity contribution in [2.75, 3.05) is 23.0 Å². The van der Waals surface area contributed by atoms with E-state index < -0.39 is 0 Å². The average molecular weight is 257 g/mol. The van der Waals surface area contributed by atoms with Crippen molar-refractivity contribution in [3.63, 3.8) is 0 Å². The fraction of sp³-hybridized carbons (Fsp3) is 0.500. The highest BCUT2D eigenvalue weighted by molar-refractivity contribution is 7.99. The second-order valence-electron chi connectivity index (χ2n) is 4.09. The summed E-state index contributed by atoms with van der Waals surface area (Å²) in [5.41, 5.74) is 8.17. The minimum atomic E-state index is 0.558. The van der Waals surface area contributed by atoms with E-state index in [1.54, 1.807) is 0 Å². The summed E-state index contributed by atoms with van der Waals surface area (Å²) in [6.07, 6.45) is 0. The van der Waals surface area contributed by atoms with Gasteiger partial charge in [0.2, 0.25) is 0 Å². The Kier molecular flexibility index (Phi) is 4.00. The molecular formula is C12H17ClN2S. The fourth-order valence-corrected chi connectivity index (χ4v) is 3.24. The molecule has 1 aliphatic heterocycles. The monoisotopic (exact) mass is 256 g/mol. The first-order valence-corrected chi connectivity index (χ1v) is 7.08. The van der Waals surface area contributed by atoms with Gasteiger partial charge in [-0.3, -0.25) is 0 Å². The van der Waals surface area contributed by atoms with Crippen molar-refractivity contribution in [1.29, 1.82) is 0 Å². The Bertz CT molecular complexity index is 370. The molecule has 0 aliphatic carbocycles. The van der Waals surface area contributed by atoms with E-state index in [4.69, 9.17) is 17.3 Å². The van der Waals surface area contributed by atoms with Gasteiger partial charge >= 0.3 is 0 Å². The quantitative estimate of drug-likeness (QED) is 0.882. The molecule has 1 aromatic carbocycles. The number of thioether (sulfide) groups is 1. The molecule has 0 amide bonds. The van der Waals surface area contributed by atoms with Gasteiger partial charge in [0.05, 0.1) is 0 Å². The Balaban J connectivity index is 2.33. The fourth-order valence-electron chi connectivity index (χ4n) is 2.06. The van der Waals surface area contributed by atoms with E-state index in [1.807, 2.05) is 30.0 Å². The molecule has 16 heavy (non-hydrogen) atoms. The van der Waals surface area contributed by atoms with Crippen molar-refractivity contribution < 1.29 is 0 Å². The maximum atomic E-state index is 6.07. The van der Waals surface area contributed by atoms with Crippen LogP contribution in [0, 0.1) is 0 Å². The number of benzene rings is 1. The van der Waals surface area contributed by atoms with Crippen molar-refractivity contribution in [3.8, 4) is 0 Å². The summed E-state index contributed by atoms with van der Waals surface area (Å²) < 4.78 is 0. The lowest BCUT2D eigenvalue weighted by molar-refractivity contribution is 0.696. The molecule has 1 aliphatic rings. The zero-order chi connectivity index (χ0) is 11.5. The van der Waals surface area contributed by atoms with Crippen molar-refractivity contribution in [3.05, 3.63) is 28.8 Å².